The van der Waals surface area contributed by atoms with Crippen molar-refractivity contribution in [2.45, 2.75) is 206 Å². The van der Waals surface area contributed by atoms with Crippen LogP contribution in [0.2, 0.25) is 0 Å². The quantitative estimate of drug-likeness (QED) is 0.0757. The molecule has 0 rings (SSSR count). The molecule has 0 saturated carbocycles. The van der Waals surface area contributed by atoms with Crippen molar-refractivity contribution in [2.75, 3.05) is 0 Å². The van der Waals surface area contributed by atoms with E-state index in [9.17, 15) is 4.79 Å². The molecule has 0 aliphatic heterocycles. The largest absolute Gasteiger partial charge is 0.481 e. The molecular weight excluding hydrogens is 435 g/mol. The summed E-state index contributed by atoms with van der Waals surface area (Å²) < 4.78 is 0. The summed E-state index contributed by atoms with van der Waals surface area (Å²) in [5.74, 6) is -0.648. The summed E-state index contributed by atoms with van der Waals surface area (Å²) in [5.41, 5.74) is 0. The Labute approximate surface area is 240 Å². The van der Waals surface area contributed by atoms with Crippen LogP contribution in [0.4, 0.5) is 0 Å². The predicted octanol–water partition coefficient (Wildman–Crippen LogP) is 11.8. The fraction of sp³-hybridized carbons (Fsp3) is 0.970. The Morgan fingerprint density at radius 2 is 0.528 bits per heavy atom. The molecule has 0 aromatic carbocycles. The molecule has 0 heterocycles. The van der Waals surface area contributed by atoms with Gasteiger partial charge in [0.2, 0.25) is 0 Å². The molecular formula is C33H66LiO2. The van der Waals surface area contributed by atoms with E-state index >= 15 is 0 Å². The van der Waals surface area contributed by atoms with Gasteiger partial charge in [-0.05, 0) is 6.42 Å². The van der Waals surface area contributed by atoms with Gasteiger partial charge in [-0.2, -0.15) is 0 Å². The van der Waals surface area contributed by atoms with Crippen molar-refractivity contribution in [1.82, 2.24) is 0 Å². The van der Waals surface area contributed by atoms with E-state index in [1.165, 1.54) is 180 Å². The van der Waals surface area contributed by atoms with Crippen LogP contribution in [0.3, 0.4) is 0 Å². The SMILES string of the molecule is CCCCCCCCCCCCCCCCCCCCCCCCCCCCCCCCC(=O)O.[Li]. The molecule has 36 heavy (non-hydrogen) atoms. The van der Waals surface area contributed by atoms with Crippen LogP contribution in [0.5, 0.6) is 0 Å². The first kappa shape index (κ1) is 38.2. The maximum Gasteiger partial charge on any atom is 0.303 e. The van der Waals surface area contributed by atoms with Crippen LogP contribution in [0.1, 0.15) is 206 Å². The minimum Gasteiger partial charge on any atom is -0.481 e. The van der Waals surface area contributed by atoms with Crippen LogP contribution in [0, 0.1) is 0 Å². The van der Waals surface area contributed by atoms with Gasteiger partial charge in [-0.25, -0.2) is 0 Å². The number of hydrogen-bond acceptors (Lipinski definition) is 1. The van der Waals surface area contributed by atoms with E-state index < -0.39 is 5.97 Å². The molecule has 0 aliphatic rings. The maximum absolute atomic E-state index is 10.5. The number of unbranched alkanes of at least 4 members (excludes halogenated alkanes) is 29. The molecule has 1 radical (unpaired) electrons. The average molecular weight is 502 g/mol. The smallest absolute Gasteiger partial charge is 0.303 e. The Kier molecular flexibility index (Phi) is 37.2. The fourth-order valence-electron chi connectivity index (χ4n) is 5.30. The molecule has 0 bridgehead atoms. The van der Waals surface area contributed by atoms with Crippen LogP contribution < -0.4 is 0 Å². The third-order valence-corrected chi connectivity index (χ3v) is 7.74. The van der Waals surface area contributed by atoms with Gasteiger partial charge in [0, 0.05) is 25.3 Å². The van der Waals surface area contributed by atoms with Gasteiger partial charge in [0.25, 0.3) is 0 Å². The number of carboxylic acids is 1. The summed E-state index contributed by atoms with van der Waals surface area (Å²) in [4.78, 5) is 10.5. The molecule has 0 fully saturated rings. The van der Waals surface area contributed by atoms with Gasteiger partial charge in [0.15, 0.2) is 0 Å². The monoisotopic (exact) mass is 502 g/mol. The van der Waals surface area contributed by atoms with Crippen molar-refractivity contribution in [3.8, 4) is 0 Å². The Hall–Kier alpha value is 0.0674. The first-order valence-corrected chi connectivity index (χ1v) is 16.5. The van der Waals surface area contributed by atoms with Crippen molar-refractivity contribution in [3.63, 3.8) is 0 Å². The standard InChI is InChI=1S/C33H66O2.Li/c1-2-3-4-5-6-7-8-9-10-11-12-13-14-15-16-17-18-19-20-21-22-23-24-25-26-27-28-29-30-31-32-33(34)35;/h2-32H2,1H3,(H,34,35);. The molecule has 0 aromatic heterocycles. The molecule has 211 valence electrons. The van der Waals surface area contributed by atoms with Crippen molar-refractivity contribution < 1.29 is 9.90 Å². The summed E-state index contributed by atoms with van der Waals surface area (Å²) >= 11 is 0. The van der Waals surface area contributed by atoms with Gasteiger partial charge in [-0.15, -0.1) is 0 Å². The second-order valence-corrected chi connectivity index (χ2v) is 11.4. The normalized spacial score (nSPS) is 11.0. The van der Waals surface area contributed by atoms with E-state index in [0.29, 0.717) is 6.42 Å². The van der Waals surface area contributed by atoms with Gasteiger partial charge < -0.3 is 5.11 Å². The Balaban J connectivity index is 0. The van der Waals surface area contributed by atoms with Crippen molar-refractivity contribution in [3.05, 3.63) is 0 Å². The van der Waals surface area contributed by atoms with E-state index in [1.54, 1.807) is 0 Å². The zero-order chi connectivity index (χ0) is 25.5. The number of carbonyl (C=O) groups is 1. The van der Waals surface area contributed by atoms with Gasteiger partial charge in [-0.3, -0.25) is 4.79 Å². The summed E-state index contributed by atoms with van der Waals surface area (Å²) in [5, 5.41) is 8.62. The molecule has 3 heteroatoms. The van der Waals surface area contributed by atoms with E-state index in [4.69, 9.17) is 5.11 Å². The van der Waals surface area contributed by atoms with E-state index in [0.717, 1.165) is 12.8 Å². The summed E-state index contributed by atoms with van der Waals surface area (Å²) in [6.07, 6.45) is 42.4. The summed E-state index contributed by atoms with van der Waals surface area (Å²) in [7, 11) is 0. The molecule has 0 amide bonds. The van der Waals surface area contributed by atoms with Gasteiger partial charge in [0.1, 0.15) is 0 Å². The number of carboxylic acid groups (broad SMARTS) is 1. The molecule has 0 aromatic rings. The number of hydrogen-bond donors (Lipinski definition) is 1. The van der Waals surface area contributed by atoms with Crippen molar-refractivity contribution in [1.29, 1.82) is 0 Å². The van der Waals surface area contributed by atoms with Crippen LogP contribution >= 0.6 is 0 Å². The molecule has 0 atom stereocenters. The molecule has 2 nitrogen and oxygen atoms in total. The van der Waals surface area contributed by atoms with E-state index in [-0.39, 0.29) is 18.9 Å². The summed E-state index contributed by atoms with van der Waals surface area (Å²) in [6.45, 7) is 2.30. The third-order valence-electron chi connectivity index (χ3n) is 7.74. The van der Waals surface area contributed by atoms with E-state index in [2.05, 4.69) is 6.92 Å². The Morgan fingerprint density at radius 3 is 0.694 bits per heavy atom. The van der Waals surface area contributed by atoms with Crippen LogP contribution in [-0.2, 0) is 4.79 Å². The average Bonchev–Trinajstić information content (AvgIpc) is 2.85. The first-order chi connectivity index (χ1) is 17.3. The van der Waals surface area contributed by atoms with Gasteiger partial charge in [0.05, 0.1) is 0 Å². The van der Waals surface area contributed by atoms with Crippen LogP contribution in [-0.4, -0.2) is 29.9 Å². The molecule has 0 aliphatic carbocycles. The fourth-order valence-corrected chi connectivity index (χ4v) is 5.30. The van der Waals surface area contributed by atoms with Crippen LogP contribution in [0.15, 0.2) is 0 Å². The third kappa shape index (κ3) is 36.2. The summed E-state index contributed by atoms with van der Waals surface area (Å²) in [6, 6.07) is 0. The topological polar surface area (TPSA) is 37.3 Å². The minimum absolute atomic E-state index is 0. The van der Waals surface area contributed by atoms with E-state index in [1.807, 2.05) is 0 Å². The Bertz CT molecular complexity index is 399. The predicted molar refractivity (Wildman–Crippen MR) is 162 cm³/mol. The van der Waals surface area contributed by atoms with Crippen LogP contribution in [0.25, 0.3) is 0 Å². The second kappa shape index (κ2) is 35.1. The number of aliphatic carboxylic acids is 1. The number of rotatable bonds is 31. The first-order valence-electron chi connectivity index (χ1n) is 16.5. The van der Waals surface area contributed by atoms with Gasteiger partial charge >= 0.3 is 5.97 Å². The molecule has 0 spiro atoms. The molecule has 0 saturated heterocycles. The van der Waals surface area contributed by atoms with Crippen molar-refractivity contribution in [2.24, 2.45) is 0 Å². The second-order valence-electron chi connectivity index (χ2n) is 11.4. The minimum atomic E-state index is -0.648. The zero-order valence-electron chi connectivity index (χ0n) is 25.3. The zero-order valence-corrected chi connectivity index (χ0v) is 25.3. The van der Waals surface area contributed by atoms with Crippen molar-refractivity contribution >= 4 is 24.8 Å². The molecule has 1 N–H and O–H groups in total. The Morgan fingerprint density at radius 1 is 0.361 bits per heavy atom. The maximum atomic E-state index is 10.5. The van der Waals surface area contributed by atoms with Gasteiger partial charge in [-0.1, -0.05) is 193 Å². The molecule has 0 unspecified atom stereocenters.